The van der Waals surface area contributed by atoms with Crippen molar-refractivity contribution in [3.05, 3.63) is 97.2 Å². The molecule has 3 unspecified atom stereocenters. The maximum absolute atomic E-state index is 13.6. The van der Waals surface area contributed by atoms with Crippen LogP contribution in [0.1, 0.15) is 297 Å². The van der Waals surface area contributed by atoms with Crippen LogP contribution in [-0.2, 0) is 27.9 Å². The normalized spacial score (nSPS) is 14.2. The number of carbonyl (C=O) groups excluding carboxylic acids is 2. The van der Waals surface area contributed by atoms with Gasteiger partial charge >= 0.3 is 5.97 Å². The number of likely N-dealkylation sites (N-methyl/N-ethyl adjacent to an activating group) is 1. The molecular weight excluding hydrogens is 1040 g/mol. The number of ether oxygens (including phenoxy) is 1. The second-order valence-corrected chi connectivity index (χ2v) is 25.4. The van der Waals surface area contributed by atoms with E-state index in [4.69, 9.17) is 13.8 Å². The van der Waals surface area contributed by atoms with E-state index < -0.39 is 26.6 Å². The molecule has 0 saturated heterocycles. The molecule has 0 fully saturated rings. The number of quaternary nitrogens is 1. The van der Waals surface area contributed by atoms with Crippen molar-refractivity contribution in [3.63, 3.8) is 0 Å². The van der Waals surface area contributed by atoms with Gasteiger partial charge in [0.1, 0.15) is 19.3 Å². The predicted molar refractivity (Wildman–Crippen MR) is 353 cm³/mol. The van der Waals surface area contributed by atoms with E-state index in [-0.39, 0.29) is 24.9 Å². The molecule has 0 aliphatic rings. The van der Waals surface area contributed by atoms with Crippen LogP contribution in [-0.4, -0.2) is 69.4 Å². The molecule has 1 amide bonds. The van der Waals surface area contributed by atoms with Crippen molar-refractivity contribution < 1.29 is 37.3 Å². The highest BCUT2D eigenvalue weighted by atomic mass is 31.2. The Bertz CT molecular complexity index is 1720. The summed E-state index contributed by atoms with van der Waals surface area (Å²) >= 11 is 0. The molecule has 9 nitrogen and oxygen atoms in total. The van der Waals surface area contributed by atoms with E-state index in [0.717, 1.165) is 109 Å². The lowest BCUT2D eigenvalue weighted by Gasteiger charge is -2.30. The molecule has 3 atom stereocenters. The first-order valence-corrected chi connectivity index (χ1v) is 35.5. The molecule has 0 aromatic rings. The zero-order chi connectivity index (χ0) is 60.0. The third-order valence-electron chi connectivity index (χ3n) is 14.7. The van der Waals surface area contributed by atoms with Gasteiger partial charge in [0.05, 0.1) is 33.8 Å². The molecule has 0 saturated carbocycles. The topological polar surface area (TPSA) is 114 Å². The van der Waals surface area contributed by atoms with Gasteiger partial charge in [-0.15, -0.1) is 0 Å². The predicted octanol–water partition coefficient (Wildman–Crippen LogP) is 20.9. The van der Waals surface area contributed by atoms with Crippen LogP contribution in [0.5, 0.6) is 0 Å². The van der Waals surface area contributed by atoms with Crippen LogP contribution in [0.3, 0.4) is 0 Å². The third-order valence-corrected chi connectivity index (χ3v) is 15.7. The number of hydrogen-bond acceptors (Lipinski definition) is 7. The van der Waals surface area contributed by atoms with Gasteiger partial charge in [-0.05, 0) is 109 Å². The largest absolute Gasteiger partial charge is 0.756 e. The Kier molecular flexibility index (Phi) is 58.7. The number of amides is 1. The highest BCUT2D eigenvalue weighted by Crippen LogP contribution is 2.38. The van der Waals surface area contributed by atoms with Gasteiger partial charge < -0.3 is 28.5 Å². The Morgan fingerprint density at radius 2 is 0.780 bits per heavy atom. The number of nitrogens with zero attached hydrogens (tertiary/aromatic N) is 1. The van der Waals surface area contributed by atoms with Crippen LogP contribution < -0.4 is 10.2 Å². The van der Waals surface area contributed by atoms with Crippen LogP contribution in [0, 0.1) is 0 Å². The molecule has 0 spiro atoms. The second-order valence-electron chi connectivity index (χ2n) is 23.9. The first-order valence-electron chi connectivity index (χ1n) is 34.0. The third kappa shape index (κ3) is 61.5. The molecule has 1 N–H and O–H groups in total. The van der Waals surface area contributed by atoms with Gasteiger partial charge in [-0.1, -0.05) is 272 Å². The molecule has 0 rings (SSSR count). The summed E-state index contributed by atoms with van der Waals surface area (Å²) in [6, 6.07) is -0.900. The highest BCUT2D eigenvalue weighted by Gasteiger charge is 2.27. The number of unbranched alkanes of at least 4 members (excludes halogenated alkanes) is 31. The minimum absolute atomic E-state index is 0.0283. The van der Waals surface area contributed by atoms with E-state index in [2.05, 4.69) is 111 Å². The molecule has 82 heavy (non-hydrogen) atoms. The minimum Gasteiger partial charge on any atom is -0.756 e. The maximum Gasteiger partial charge on any atom is 0.306 e. The summed E-state index contributed by atoms with van der Waals surface area (Å²) in [5.41, 5.74) is 0. The van der Waals surface area contributed by atoms with Crippen LogP contribution in [0.4, 0.5) is 0 Å². The van der Waals surface area contributed by atoms with Gasteiger partial charge in [-0.25, -0.2) is 0 Å². The van der Waals surface area contributed by atoms with Crippen molar-refractivity contribution in [1.82, 2.24) is 5.32 Å². The molecule has 0 aliphatic carbocycles. The molecule has 0 radical (unpaired) electrons. The Balaban J connectivity index is 5.16. The van der Waals surface area contributed by atoms with Crippen molar-refractivity contribution in [3.8, 4) is 0 Å². The second kappa shape index (κ2) is 61.0. The summed E-state index contributed by atoms with van der Waals surface area (Å²) in [5, 5.41) is 3.04. The Hall–Kier alpha value is -3.07. The van der Waals surface area contributed by atoms with Crippen molar-refractivity contribution >= 4 is 19.7 Å². The van der Waals surface area contributed by atoms with Crippen LogP contribution in [0.2, 0.25) is 0 Å². The van der Waals surface area contributed by atoms with E-state index in [1.54, 1.807) is 0 Å². The fourth-order valence-corrected chi connectivity index (χ4v) is 10.2. The van der Waals surface area contributed by atoms with Crippen LogP contribution in [0.15, 0.2) is 97.2 Å². The zero-order valence-electron chi connectivity index (χ0n) is 54.2. The summed E-state index contributed by atoms with van der Waals surface area (Å²) in [4.78, 5) is 40.1. The molecule has 0 bridgehead atoms. The average Bonchev–Trinajstić information content (AvgIpc) is 3.44. The van der Waals surface area contributed by atoms with Crippen molar-refractivity contribution in [2.45, 2.75) is 309 Å². The highest BCUT2D eigenvalue weighted by molar-refractivity contribution is 7.45. The summed E-state index contributed by atoms with van der Waals surface area (Å²) in [7, 11) is 1.17. The van der Waals surface area contributed by atoms with Gasteiger partial charge in [-0.2, -0.15) is 0 Å². The quantitative estimate of drug-likeness (QED) is 0.0212. The van der Waals surface area contributed by atoms with Gasteiger partial charge in [0, 0.05) is 12.8 Å². The number of esters is 1. The lowest BCUT2D eigenvalue weighted by Crippen LogP contribution is -2.47. The number of phosphoric acid groups is 1. The van der Waals surface area contributed by atoms with Gasteiger partial charge in [-0.3, -0.25) is 14.2 Å². The zero-order valence-corrected chi connectivity index (χ0v) is 55.1. The van der Waals surface area contributed by atoms with Gasteiger partial charge in [0.15, 0.2) is 0 Å². The van der Waals surface area contributed by atoms with Crippen LogP contribution in [0.25, 0.3) is 0 Å². The monoisotopic (exact) mass is 1160 g/mol. The molecule has 0 heterocycles. The summed E-state index contributed by atoms with van der Waals surface area (Å²) in [6.07, 6.45) is 82.3. The fourth-order valence-electron chi connectivity index (χ4n) is 9.52. The first kappa shape index (κ1) is 78.9. The number of phosphoric ester groups is 1. The SMILES string of the molecule is CC/C=C\C/C=C\C/C=C\C/C=C\C/C=C\CCCCCCCCCC(=O)OC(/C=C/CCCCCCCCCCCC)C(COP(=O)([O-])OCC[N+](C)(C)C)NC(=O)CCCCCCCCCCCCC/C=C\C/C=C\CCCCC. The Morgan fingerprint density at radius 3 is 1.20 bits per heavy atom. The lowest BCUT2D eigenvalue weighted by atomic mass is 10.0. The van der Waals surface area contributed by atoms with E-state index in [1.165, 1.54) is 148 Å². The van der Waals surface area contributed by atoms with Crippen LogP contribution >= 0.6 is 7.82 Å². The van der Waals surface area contributed by atoms with Crippen molar-refractivity contribution in [1.29, 1.82) is 0 Å². The van der Waals surface area contributed by atoms with E-state index in [0.29, 0.717) is 23.9 Å². The molecule has 0 aromatic carbocycles. The molecule has 0 aliphatic heterocycles. The molecule has 0 aromatic heterocycles. The Labute approximate surface area is 507 Å². The average molecular weight is 1170 g/mol. The standard InChI is InChI=1S/C72H129N2O7P/c1-7-10-13-16-19-22-25-28-30-32-34-36-37-39-41-43-45-47-50-53-56-59-62-65-72(76)81-70(63-60-57-54-51-48-27-24-21-18-15-12-9-3)69(68-80-82(77,78)79-67-66-74(4,5)6)73-71(75)64-61-58-55-52-49-46-44-42-40-38-35-33-31-29-26-23-20-17-14-11-8-2/h10,13,19-20,22-23,28-31,34,36,39,41,60,63,69-70H,7-9,11-12,14-18,21,24-27,32-33,35,37-38,40,42-59,61-62,64-68H2,1-6H3,(H-,73,75,77,78)/b13-10-,22-19-,23-20-,30-28-,31-29-,36-34-,41-39-,63-60+. The molecular formula is C72H129N2O7P. The summed E-state index contributed by atoms with van der Waals surface area (Å²) < 4.78 is 30.4. The molecule has 10 heteroatoms. The lowest BCUT2D eigenvalue weighted by molar-refractivity contribution is -0.870. The summed E-state index contributed by atoms with van der Waals surface area (Å²) in [5.74, 6) is -0.554. The fraction of sp³-hybridized carbons (Fsp3) is 0.750. The van der Waals surface area contributed by atoms with E-state index in [1.807, 2.05) is 33.3 Å². The number of nitrogens with one attached hydrogen (secondary N) is 1. The smallest absolute Gasteiger partial charge is 0.306 e. The van der Waals surface area contributed by atoms with E-state index in [9.17, 15) is 19.0 Å². The number of allylic oxidation sites excluding steroid dienone is 15. The van der Waals surface area contributed by atoms with Crippen molar-refractivity contribution in [2.24, 2.45) is 0 Å². The summed E-state index contributed by atoms with van der Waals surface area (Å²) in [6.45, 7) is 6.71. The first-order chi connectivity index (χ1) is 39.9. The number of hydrogen-bond donors (Lipinski definition) is 1. The number of carbonyl (C=O) groups is 2. The van der Waals surface area contributed by atoms with E-state index >= 15 is 0 Å². The van der Waals surface area contributed by atoms with Gasteiger partial charge in [0.25, 0.3) is 7.82 Å². The molecule has 474 valence electrons. The van der Waals surface area contributed by atoms with Gasteiger partial charge in [0.2, 0.25) is 5.91 Å². The Morgan fingerprint density at radius 1 is 0.439 bits per heavy atom. The van der Waals surface area contributed by atoms with Crippen molar-refractivity contribution in [2.75, 3.05) is 40.9 Å². The number of rotatable bonds is 61. The maximum atomic E-state index is 13.6. The minimum atomic E-state index is -4.71.